The van der Waals surface area contributed by atoms with Crippen LogP contribution < -0.4 is 4.54 Å². The van der Waals surface area contributed by atoms with E-state index in [9.17, 15) is 10.1 Å². The van der Waals surface area contributed by atoms with Gasteiger partial charge in [0.1, 0.15) is 0 Å². The topological polar surface area (TPSA) is 63.8 Å². The summed E-state index contributed by atoms with van der Waals surface area (Å²) in [5, 5.41) is 14.7. The van der Waals surface area contributed by atoms with Crippen molar-refractivity contribution in [2.24, 2.45) is 0 Å². The molecule has 60 valence electrons. The quantitative estimate of drug-likeness (QED) is 0.524. The first kappa shape index (κ1) is 6.78. The Morgan fingerprint density at radius 3 is 3.00 bits per heavy atom. The second kappa shape index (κ2) is 2.30. The molecule has 0 N–H and O–H groups in total. The van der Waals surface area contributed by atoms with Gasteiger partial charge in [0.05, 0.1) is 9.93 Å². The zero-order valence-electron chi connectivity index (χ0n) is 6.04. The third-order valence-corrected chi connectivity index (χ3v) is 1.59. The summed E-state index contributed by atoms with van der Waals surface area (Å²) < 4.78 is 0.204. The summed E-state index contributed by atoms with van der Waals surface area (Å²) in [7, 11) is 0. The zero-order valence-corrected chi connectivity index (χ0v) is 6.04. The van der Waals surface area contributed by atoms with E-state index in [2.05, 4.69) is 5.10 Å². The lowest BCUT2D eigenvalue weighted by Gasteiger charge is -1.95. The van der Waals surface area contributed by atoms with Gasteiger partial charge in [0.2, 0.25) is 5.52 Å². The summed E-state index contributed by atoms with van der Waals surface area (Å²) >= 11 is 0. The van der Waals surface area contributed by atoms with Crippen LogP contribution in [0.15, 0.2) is 30.5 Å². The number of benzene rings is 1. The number of aromatic nitrogens is 3. The van der Waals surface area contributed by atoms with Crippen LogP contribution in [-0.2, 0) is 0 Å². The van der Waals surface area contributed by atoms with E-state index in [-0.39, 0.29) is 9.50 Å². The molecule has 0 radical (unpaired) electrons. The molecule has 5 heteroatoms. The van der Waals surface area contributed by atoms with Gasteiger partial charge in [-0.3, -0.25) is 0 Å². The molecular formula is C7H5N3O2. The largest absolute Gasteiger partial charge is 0.738 e. The maximum absolute atomic E-state index is 11.0. The molecule has 0 fully saturated rings. The van der Waals surface area contributed by atoms with Crippen LogP contribution in [0.1, 0.15) is 0 Å². The van der Waals surface area contributed by atoms with Crippen molar-refractivity contribution in [2.75, 3.05) is 0 Å². The second-order valence-electron chi connectivity index (χ2n) is 2.33. The fraction of sp³-hybridized carbons (Fsp3) is 0. The second-order valence-corrected chi connectivity index (χ2v) is 2.33. The Morgan fingerprint density at radius 1 is 1.42 bits per heavy atom. The van der Waals surface area contributed by atoms with Crippen molar-refractivity contribution in [1.82, 2.24) is 10.1 Å². The smallest absolute Gasteiger partial charge is 0.212 e. The van der Waals surface area contributed by atoms with E-state index in [1.165, 1.54) is 6.20 Å². The van der Waals surface area contributed by atoms with Crippen molar-refractivity contribution < 1.29 is 4.54 Å². The Kier molecular flexibility index (Phi) is 1.30. The zero-order chi connectivity index (χ0) is 8.55. The fourth-order valence-corrected chi connectivity index (χ4v) is 1.02. The highest BCUT2D eigenvalue weighted by molar-refractivity contribution is 5.73. The predicted octanol–water partition coefficient (Wildman–Crippen LogP) is 0.297. The Labute approximate surface area is 67.0 Å². The van der Waals surface area contributed by atoms with E-state index in [0.29, 0.717) is 10.9 Å². The first-order valence-corrected chi connectivity index (χ1v) is 3.36. The van der Waals surface area contributed by atoms with Gasteiger partial charge in [0.15, 0.2) is 6.20 Å². The van der Waals surface area contributed by atoms with Crippen molar-refractivity contribution >= 4 is 10.9 Å². The van der Waals surface area contributed by atoms with E-state index in [0.717, 1.165) is 0 Å². The van der Waals surface area contributed by atoms with Crippen molar-refractivity contribution in [3.8, 4) is 0 Å². The first-order valence-electron chi connectivity index (χ1n) is 3.36. The van der Waals surface area contributed by atoms with Crippen LogP contribution in [0.4, 0.5) is 0 Å². The average Bonchev–Trinajstić information content (AvgIpc) is 2.12. The van der Waals surface area contributed by atoms with E-state index < -0.39 is 0 Å². The van der Waals surface area contributed by atoms with E-state index in [4.69, 9.17) is 0 Å². The Bertz CT molecular complexity index is 477. The lowest BCUT2D eigenvalue weighted by Crippen LogP contribution is -2.30. The molecule has 5 nitrogen and oxygen atoms in total. The van der Waals surface area contributed by atoms with E-state index in [1.807, 2.05) is 0 Å². The summed E-state index contributed by atoms with van der Waals surface area (Å²) in [4.78, 5) is 11.0. The predicted molar refractivity (Wildman–Crippen MR) is 41.9 cm³/mol. The number of fused-ring (bicyclic) bond motifs is 1. The number of rotatable bonds is 0. The first-order chi connectivity index (χ1) is 5.79. The lowest BCUT2D eigenvalue weighted by atomic mass is 10.2. The summed E-state index contributed by atoms with van der Waals surface area (Å²) in [5.74, 6) is 0. The SMILES string of the molecule is O=[n+]1c2ccccc2cnn1[O-]. The third-order valence-electron chi connectivity index (χ3n) is 1.59. The normalized spacial score (nSPS) is 10.3. The maximum atomic E-state index is 11.0. The molecule has 1 aromatic heterocycles. The molecule has 0 bridgehead atoms. The highest BCUT2D eigenvalue weighted by atomic mass is 16.6. The Morgan fingerprint density at radius 2 is 2.17 bits per heavy atom. The number of hydrogen-bond donors (Lipinski definition) is 0. The third kappa shape index (κ3) is 0.833. The molecule has 0 atom stereocenters. The van der Waals surface area contributed by atoms with Gasteiger partial charge in [-0.1, -0.05) is 12.1 Å². The highest BCUT2D eigenvalue weighted by Gasteiger charge is 2.03. The molecule has 0 aliphatic heterocycles. The van der Waals surface area contributed by atoms with Gasteiger partial charge in [-0.15, -0.1) is 0 Å². The van der Waals surface area contributed by atoms with Gasteiger partial charge >= 0.3 is 0 Å². The molecule has 2 rings (SSSR count). The molecule has 0 unspecified atom stereocenters. The standard InChI is InChI=1S/C7H5N3O2/c11-9-7-4-2-1-3-6(7)5-8-10(9)12/h1-5H. The highest BCUT2D eigenvalue weighted by Crippen LogP contribution is 2.04. The minimum atomic E-state index is 0.00231. The molecule has 0 aliphatic carbocycles. The van der Waals surface area contributed by atoms with Crippen molar-refractivity contribution in [3.63, 3.8) is 0 Å². The molecule has 2 aromatic rings. The van der Waals surface area contributed by atoms with Crippen molar-refractivity contribution in [1.29, 1.82) is 0 Å². The lowest BCUT2D eigenvalue weighted by molar-refractivity contribution is -0.568. The van der Waals surface area contributed by atoms with Gasteiger partial charge in [0.25, 0.3) is 0 Å². The van der Waals surface area contributed by atoms with E-state index in [1.54, 1.807) is 24.3 Å². The van der Waals surface area contributed by atoms with Crippen LogP contribution in [0.2, 0.25) is 0 Å². The van der Waals surface area contributed by atoms with Gasteiger partial charge in [-0.25, -0.2) is 0 Å². The minimum absolute atomic E-state index is 0.00231. The molecule has 0 saturated heterocycles. The monoisotopic (exact) mass is 163 g/mol. The molecule has 12 heavy (non-hydrogen) atoms. The number of hydrogen-bond acceptors (Lipinski definition) is 3. The molecule has 1 heterocycles. The Hall–Kier alpha value is -1.91. The summed E-state index contributed by atoms with van der Waals surface area (Å²) in [5.41, 5.74) is 0.322. The van der Waals surface area contributed by atoms with Gasteiger partial charge in [-0.05, 0) is 22.0 Å². The van der Waals surface area contributed by atoms with Gasteiger partial charge < -0.3 is 5.21 Å². The van der Waals surface area contributed by atoms with Crippen LogP contribution >= 0.6 is 0 Å². The number of nitrogens with zero attached hydrogens (tertiary/aromatic N) is 3. The maximum Gasteiger partial charge on any atom is 0.212 e. The van der Waals surface area contributed by atoms with Crippen LogP contribution in [0.25, 0.3) is 10.9 Å². The van der Waals surface area contributed by atoms with Gasteiger partial charge in [0, 0.05) is 5.10 Å². The summed E-state index contributed by atoms with van der Waals surface area (Å²) in [6.07, 6.45) is 1.36. The van der Waals surface area contributed by atoms with Crippen LogP contribution in [0.5, 0.6) is 0 Å². The summed E-state index contributed by atoms with van der Waals surface area (Å²) in [6.45, 7) is 0. The molecule has 0 aliphatic rings. The molecule has 1 aromatic carbocycles. The van der Waals surface area contributed by atoms with Gasteiger partial charge in [-0.2, -0.15) is 0 Å². The Balaban J connectivity index is 3.01. The molecule has 0 saturated carbocycles. The number of para-hydroxylation sites is 1. The minimum Gasteiger partial charge on any atom is -0.738 e. The molecule has 0 amide bonds. The molecule has 0 spiro atoms. The van der Waals surface area contributed by atoms with Crippen molar-refractivity contribution in [2.45, 2.75) is 0 Å². The van der Waals surface area contributed by atoms with Crippen LogP contribution in [-0.4, -0.2) is 10.1 Å². The van der Waals surface area contributed by atoms with Crippen LogP contribution in [0, 0.1) is 10.1 Å². The fourth-order valence-electron chi connectivity index (χ4n) is 1.02. The summed E-state index contributed by atoms with van der Waals surface area (Å²) in [6, 6.07) is 6.75. The molecular weight excluding hydrogens is 158 g/mol. The van der Waals surface area contributed by atoms with Crippen LogP contribution in [0.3, 0.4) is 0 Å². The van der Waals surface area contributed by atoms with E-state index >= 15 is 0 Å². The average molecular weight is 163 g/mol. The van der Waals surface area contributed by atoms with Crippen molar-refractivity contribution in [3.05, 3.63) is 40.6 Å².